The van der Waals surface area contributed by atoms with E-state index in [9.17, 15) is 4.79 Å². The summed E-state index contributed by atoms with van der Waals surface area (Å²) in [7, 11) is 3.29. The van der Waals surface area contributed by atoms with Gasteiger partial charge in [0.2, 0.25) is 0 Å². The molecule has 0 unspecified atom stereocenters. The molecule has 1 aromatic heterocycles. The lowest BCUT2D eigenvalue weighted by Gasteiger charge is -2.24. The number of hydrogen-bond acceptors (Lipinski definition) is 5. The molecule has 7 heteroatoms. The van der Waals surface area contributed by atoms with Crippen molar-refractivity contribution in [2.45, 2.75) is 52.5 Å². The molecular formula is C21H29N3O4. The molecule has 0 fully saturated rings. The Bertz CT molecular complexity index is 846. The van der Waals surface area contributed by atoms with Crippen LogP contribution in [0.15, 0.2) is 18.2 Å². The Labute approximate surface area is 166 Å². The molecule has 2 aromatic rings. The van der Waals surface area contributed by atoms with E-state index >= 15 is 0 Å². The first kappa shape index (κ1) is 20.4. The molecular weight excluding hydrogens is 358 g/mol. The molecule has 1 N–H and O–H groups in total. The average molecular weight is 387 g/mol. The number of rotatable bonds is 7. The number of hydrogen-bond donors (Lipinski definition) is 1. The van der Waals surface area contributed by atoms with Crippen molar-refractivity contribution < 1.29 is 19.0 Å². The predicted molar refractivity (Wildman–Crippen MR) is 106 cm³/mol. The van der Waals surface area contributed by atoms with E-state index in [1.807, 2.05) is 39.0 Å². The van der Waals surface area contributed by atoms with Crippen LogP contribution in [0.2, 0.25) is 0 Å². The Morgan fingerprint density at radius 2 is 2.14 bits per heavy atom. The van der Waals surface area contributed by atoms with Crippen LogP contribution < -0.4 is 10.1 Å². The van der Waals surface area contributed by atoms with Crippen molar-refractivity contribution in [3.05, 3.63) is 46.3 Å². The lowest BCUT2D eigenvalue weighted by molar-refractivity contribution is -0.00716. The van der Waals surface area contributed by atoms with Crippen LogP contribution in [-0.2, 0) is 29.0 Å². The summed E-state index contributed by atoms with van der Waals surface area (Å²) in [5, 5.41) is 7.71. The molecule has 152 valence electrons. The van der Waals surface area contributed by atoms with Gasteiger partial charge in [0.15, 0.2) is 0 Å². The van der Waals surface area contributed by atoms with Crippen molar-refractivity contribution in [3.63, 3.8) is 0 Å². The molecule has 2 atom stereocenters. The maximum atomic E-state index is 13.1. The first-order valence-corrected chi connectivity index (χ1v) is 9.60. The highest BCUT2D eigenvalue weighted by atomic mass is 16.5. The molecule has 1 amide bonds. The summed E-state index contributed by atoms with van der Waals surface area (Å²) in [6.07, 6.45) is 0.604. The monoisotopic (exact) mass is 387 g/mol. The number of nitrogens with one attached hydrogen (secondary N) is 1. The fraction of sp³-hybridized carbons (Fsp3) is 0.524. The fourth-order valence-corrected chi connectivity index (χ4v) is 3.64. The smallest absolute Gasteiger partial charge is 0.270 e. The van der Waals surface area contributed by atoms with Gasteiger partial charge in [-0.3, -0.25) is 9.48 Å². The van der Waals surface area contributed by atoms with Crippen LogP contribution in [-0.4, -0.2) is 42.6 Å². The number of amides is 1. The van der Waals surface area contributed by atoms with Crippen molar-refractivity contribution >= 4 is 5.91 Å². The summed E-state index contributed by atoms with van der Waals surface area (Å²) in [6.45, 7) is 7.47. The van der Waals surface area contributed by atoms with Crippen molar-refractivity contribution in [2.24, 2.45) is 0 Å². The van der Waals surface area contributed by atoms with E-state index in [1.165, 1.54) is 0 Å². The van der Waals surface area contributed by atoms with Gasteiger partial charge in [0, 0.05) is 25.6 Å². The van der Waals surface area contributed by atoms with Gasteiger partial charge in [0.05, 0.1) is 38.2 Å². The molecule has 0 aliphatic carbocycles. The number of aryl methyl sites for hydroxylation is 1. The molecule has 0 radical (unpaired) electrons. The fourth-order valence-electron chi connectivity index (χ4n) is 3.64. The van der Waals surface area contributed by atoms with Crippen LogP contribution in [0, 0.1) is 6.92 Å². The van der Waals surface area contributed by atoms with Crippen LogP contribution in [0.3, 0.4) is 0 Å². The zero-order valence-electron chi connectivity index (χ0n) is 17.2. The number of ether oxygens (including phenoxy) is 3. The van der Waals surface area contributed by atoms with Gasteiger partial charge in [-0.1, -0.05) is 6.07 Å². The number of nitrogens with zero attached hydrogens (tertiary/aromatic N) is 2. The molecule has 7 nitrogen and oxygen atoms in total. The van der Waals surface area contributed by atoms with E-state index in [-0.39, 0.29) is 18.1 Å². The molecule has 1 aromatic carbocycles. The third-order valence-electron chi connectivity index (χ3n) is 5.11. The highest BCUT2D eigenvalue weighted by Gasteiger charge is 2.32. The third-order valence-corrected chi connectivity index (χ3v) is 5.11. The number of aromatic nitrogens is 2. The number of benzene rings is 1. The Hall–Kier alpha value is -2.38. The summed E-state index contributed by atoms with van der Waals surface area (Å²) >= 11 is 0. The van der Waals surface area contributed by atoms with Crippen molar-refractivity contribution in [3.8, 4) is 5.75 Å². The van der Waals surface area contributed by atoms with Crippen LogP contribution in [0.5, 0.6) is 5.75 Å². The van der Waals surface area contributed by atoms with E-state index in [4.69, 9.17) is 14.2 Å². The molecule has 2 heterocycles. The topological polar surface area (TPSA) is 74.6 Å². The summed E-state index contributed by atoms with van der Waals surface area (Å²) < 4.78 is 18.1. The number of carbonyl (C=O) groups is 1. The molecule has 1 aliphatic rings. The molecule has 0 spiro atoms. The molecule has 28 heavy (non-hydrogen) atoms. The van der Waals surface area contributed by atoms with Gasteiger partial charge in [0.1, 0.15) is 11.4 Å². The minimum Gasteiger partial charge on any atom is -0.497 e. The van der Waals surface area contributed by atoms with E-state index in [2.05, 4.69) is 10.4 Å². The first-order valence-electron chi connectivity index (χ1n) is 9.60. The number of fused-ring (bicyclic) bond motifs is 1. The van der Waals surface area contributed by atoms with Crippen LogP contribution in [0.4, 0.5) is 0 Å². The maximum Gasteiger partial charge on any atom is 0.270 e. The van der Waals surface area contributed by atoms with Crippen molar-refractivity contribution in [1.82, 2.24) is 15.1 Å². The van der Waals surface area contributed by atoms with Gasteiger partial charge in [-0.05, 0) is 44.0 Å². The lowest BCUT2D eigenvalue weighted by atomic mass is 9.99. The Balaban J connectivity index is 1.84. The molecule has 1 aliphatic heterocycles. The van der Waals surface area contributed by atoms with Gasteiger partial charge >= 0.3 is 0 Å². The first-order chi connectivity index (χ1) is 13.4. The minimum absolute atomic E-state index is 0.0537. The summed E-state index contributed by atoms with van der Waals surface area (Å²) in [5.74, 6) is 0.684. The SMILES string of the molecule is COCCn1nc2c(c1C(=O)NCc1ccc(OC)cc1C)C[C@H](C)O[C@@H]2C. The van der Waals surface area contributed by atoms with E-state index < -0.39 is 0 Å². The number of carbonyl (C=O) groups excluding carboxylic acids is 1. The van der Waals surface area contributed by atoms with E-state index in [1.54, 1.807) is 18.9 Å². The summed E-state index contributed by atoms with van der Waals surface area (Å²) in [4.78, 5) is 13.1. The predicted octanol–water partition coefficient (Wildman–Crippen LogP) is 2.80. The van der Waals surface area contributed by atoms with E-state index in [0.29, 0.717) is 31.8 Å². The zero-order valence-corrected chi connectivity index (χ0v) is 17.2. The largest absolute Gasteiger partial charge is 0.497 e. The van der Waals surface area contributed by atoms with Crippen LogP contribution >= 0.6 is 0 Å². The van der Waals surface area contributed by atoms with Crippen molar-refractivity contribution in [1.29, 1.82) is 0 Å². The van der Waals surface area contributed by atoms with Crippen LogP contribution in [0.25, 0.3) is 0 Å². The second kappa shape index (κ2) is 8.75. The molecule has 0 saturated heterocycles. The highest BCUT2D eigenvalue weighted by molar-refractivity contribution is 5.94. The number of methoxy groups -OCH3 is 2. The van der Waals surface area contributed by atoms with Crippen LogP contribution in [0.1, 0.15) is 52.8 Å². The molecule has 0 saturated carbocycles. The zero-order chi connectivity index (χ0) is 20.3. The Morgan fingerprint density at radius 3 is 2.82 bits per heavy atom. The van der Waals surface area contributed by atoms with Gasteiger partial charge in [-0.15, -0.1) is 0 Å². The summed E-state index contributed by atoms with van der Waals surface area (Å²) in [5.41, 5.74) is 4.56. The summed E-state index contributed by atoms with van der Waals surface area (Å²) in [6, 6.07) is 5.84. The molecule has 3 rings (SSSR count). The third kappa shape index (κ3) is 4.20. The van der Waals surface area contributed by atoms with Gasteiger partial charge in [0.25, 0.3) is 5.91 Å². The van der Waals surface area contributed by atoms with E-state index in [0.717, 1.165) is 28.1 Å². The second-order valence-corrected chi connectivity index (χ2v) is 7.20. The van der Waals surface area contributed by atoms with Gasteiger partial charge in [-0.25, -0.2) is 0 Å². The lowest BCUT2D eigenvalue weighted by Crippen LogP contribution is -2.29. The maximum absolute atomic E-state index is 13.1. The second-order valence-electron chi connectivity index (χ2n) is 7.20. The standard InChI is InChI=1S/C21H29N3O4/c1-13-10-17(27-5)7-6-16(13)12-22-21(25)20-18-11-14(2)28-15(3)19(18)23-24(20)8-9-26-4/h6-7,10,14-15H,8-9,11-12H2,1-5H3,(H,22,25)/t14-,15+/m0/s1. The quantitative estimate of drug-likeness (QED) is 0.791. The normalized spacial score (nSPS) is 18.6. The Morgan fingerprint density at radius 1 is 1.36 bits per heavy atom. The minimum atomic E-state index is -0.127. The Kier molecular flexibility index (Phi) is 6.36. The average Bonchev–Trinajstić information content (AvgIpc) is 3.03. The van der Waals surface area contributed by atoms with Crippen molar-refractivity contribution in [2.75, 3.05) is 20.8 Å². The van der Waals surface area contributed by atoms with Gasteiger partial charge < -0.3 is 19.5 Å². The molecule has 0 bridgehead atoms. The highest BCUT2D eigenvalue weighted by Crippen LogP contribution is 2.31. The van der Waals surface area contributed by atoms with Gasteiger partial charge in [-0.2, -0.15) is 5.10 Å².